The largest absolute Gasteiger partial charge is 0.292 e. The highest BCUT2D eigenvalue weighted by Gasteiger charge is 2.22. The van der Waals surface area contributed by atoms with Crippen molar-refractivity contribution in [3.63, 3.8) is 0 Å². The van der Waals surface area contributed by atoms with E-state index in [1.807, 2.05) is 24.3 Å². The van der Waals surface area contributed by atoms with E-state index >= 15 is 0 Å². The summed E-state index contributed by atoms with van der Waals surface area (Å²) in [7, 11) is 0. The molecule has 0 fully saturated rings. The molecule has 7 aromatic carbocycles. The minimum absolute atomic E-state index is 0.723. The fourth-order valence-corrected chi connectivity index (χ4v) is 6.61. The standard InChI is InChI=1S/C38H23N3/c1-2-13-25(14-3-1)37-39-32-20-10-8-18-29(32)38(40-37)41-33-21-11-9-19-30(33)35-31-23-22-24-12-4-5-15-26(24)34(31)27-16-6-7-17-28(27)36(35)41/h1-23H. The van der Waals surface area contributed by atoms with Crippen LogP contribution in [0, 0.1) is 0 Å². The van der Waals surface area contributed by atoms with E-state index in [9.17, 15) is 0 Å². The van der Waals surface area contributed by atoms with E-state index in [4.69, 9.17) is 9.97 Å². The summed E-state index contributed by atoms with van der Waals surface area (Å²) in [4.78, 5) is 10.3. The highest BCUT2D eigenvalue weighted by Crippen LogP contribution is 2.44. The van der Waals surface area contributed by atoms with Crippen molar-refractivity contribution in [3.8, 4) is 17.2 Å². The number of rotatable bonds is 2. The molecule has 0 spiro atoms. The van der Waals surface area contributed by atoms with Crippen molar-refractivity contribution in [2.75, 3.05) is 0 Å². The first-order valence-electron chi connectivity index (χ1n) is 13.9. The van der Waals surface area contributed by atoms with Crippen LogP contribution >= 0.6 is 0 Å². The van der Waals surface area contributed by atoms with Gasteiger partial charge in [-0.3, -0.25) is 4.57 Å². The first-order valence-corrected chi connectivity index (χ1v) is 13.9. The molecule has 0 saturated carbocycles. The van der Waals surface area contributed by atoms with Gasteiger partial charge in [0.1, 0.15) is 5.82 Å². The van der Waals surface area contributed by atoms with Gasteiger partial charge in [0.2, 0.25) is 0 Å². The molecule has 0 radical (unpaired) electrons. The summed E-state index contributed by atoms with van der Waals surface area (Å²) in [6.45, 7) is 0. The second kappa shape index (κ2) is 8.48. The molecule has 0 unspecified atom stereocenters. The summed E-state index contributed by atoms with van der Waals surface area (Å²) in [5.74, 6) is 1.62. The van der Waals surface area contributed by atoms with Crippen LogP contribution in [0.1, 0.15) is 0 Å². The third-order valence-electron chi connectivity index (χ3n) is 8.35. The Morgan fingerprint density at radius 1 is 0.415 bits per heavy atom. The molecule has 0 bridgehead atoms. The van der Waals surface area contributed by atoms with Crippen LogP contribution < -0.4 is 0 Å². The summed E-state index contributed by atoms with van der Waals surface area (Å²) in [6.07, 6.45) is 0. The molecule has 41 heavy (non-hydrogen) atoms. The van der Waals surface area contributed by atoms with Crippen LogP contribution in [0.2, 0.25) is 0 Å². The van der Waals surface area contributed by atoms with Crippen LogP contribution in [0.15, 0.2) is 140 Å². The first-order chi connectivity index (χ1) is 20.4. The Morgan fingerprint density at radius 2 is 1.07 bits per heavy atom. The molecular formula is C38H23N3. The van der Waals surface area contributed by atoms with Crippen molar-refractivity contribution in [2.24, 2.45) is 0 Å². The summed E-state index contributed by atoms with van der Waals surface area (Å²) >= 11 is 0. The monoisotopic (exact) mass is 521 g/mol. The number of para-hydroxylation sites is 2. The molecule has 0 atom stereocenters. The zero-order valence-corrected chi connectivity index (χ0v) is 22.1. The Hall–Kier alpha value is -5.54. The average Bonchev–Trinajstić information content (AvgIpc) is 3.40. The topological polar surface area (TPSA) is 30.7 Å². The van der Waals surface area contributed by atoms with Crippen molar-refractivity contribution in [2.45, 2.75) is 0 Å². The molecule has 3 heteroatoms. The number of benzene rings is 7. The van der Waals surface area contributed by atoms with Gasteiger partial charge in [-0.2, -0.15) is 0 Å². The van der Waals surface area contributed by atoms with E-state index in [0.717, 1.165) is 33.6 Å². The van der Waals surface area contributed by atoms with Gasteiger partial charge in [0.25, 0.3) is 0 Å². The van der Waals surface area contributed by atoms with E-state index in [2.05, 4.69) is 120 Å². The lowest BCUT2D eigenvalue weighted by Crippen LogP contribution is -2.03. The lowest BCUT2D eigenvalue weighted by molar-refractivity contribution is 1.08. The normalized spacial score (nSPS) is 11.9. The molecule has 0 aliphatic carbocycles. The van der Waals surface area contributed by atoms with Gasteiger partial charge < -0.3 is 0 Å². The predicted molar refractivity (Wildman–Crippen MR) is 172 cm³/mol. The molecule has 3 nitrogen and oxygen atoms in total. The second-order valence-corrected chi connectivity index (χ2v) is 10.6. The van der Waals surface area contributed by atoms with Crippen LogP contribution in [0.3, 0.4) is 0 Å². The summed E-state index contributed by atoms with van der Waals surface area (Å²) < 4.78 is 2.37. The average molecular weight is 522 g/mol. The molecule has 0 N–H and O–H groups in total. The van der Waals surface area contributed by atoms with Gasteiger partial charge in [-0.25, -0.2) is 9.97 Å². The first kappa shape index (κ1) is 22.3. The van der Waals surface area contributed by atoms with Crippen molar-refractivity contribution >= 4 is 65.0 Å². The van der Waals surface area contributed by atoms with E-state index in [-0.39, 0.29) is 0 Å². The van der Waals surface area contributed by atoms with Crippen LogP contribution in [-0.2, 0) is 0 Å². The zero-order valence-electron chi connectivity index (χ0n) is 22.1. The highest BCUT2D eigenvalue weighted by atomic mass is 15.1. The molecule has 0 aliphatic heterocycles. The third kappa shape index (κ3) is 3.14. The molecular weight excluding hydrogens is 498 g/mol. The van der Waals surface area contributed by atoms with Crippen molar-refractivity contribution < 1.29 is 0 Å². The van der Waals surface area contributed by atoms with E-state index in [1.54, 1.807) is 0 Å². The number of nitrogens with zero attached hydrogens (tertiary/aromatic N) is 3. The smallest absolute Gasteiger partial charge is 0.162 e. The van der Waals surface area contributed by atoms with Gasteiger partial charge in [-0.05, 0) is 45.1 Å². The van der Waals surface area contributed by atoms with E-state index in [1.165, 1.54) is 48.6 Å². The van der Waals surface area contributed by atoms with Gasteiger partial charge in [0, 0.05) is 27.1 Å². The molecule has 2 heterocycles. The highest BCUT2D eigenvalue weighted by molar-refractivity contribution is 6.36. The Bertz CT molecular complexity index is 2470. The zero-order chi connectivity index (χ0) is 26.9. The Labute approximate surface area is 235 Å². The molecule has 0 aliphatic rings. The number of hydrogen-bond donors (Lipinski definition) is 0. The minimum atomic E-state index is 0.723. The van der Waals surface area contributed by atoms with Crippen molar-refractivity contribution in [1.29, 1.82) is 0 Å². The fraction of sp³-hybridized carbons (Fsp3) is 0. The molecule has 0 saturated heterocycles. The summed E-state index contributed by atoms with van der Waals surface area (Å²) in [5.41, 5.74) is 4.24. The lowest BCUT2D eigenvalue weighted by Gasteiger charge is -2.15. The lowest BCUT2D eigenvalue weighted by atomic mass is 9.93. The number of aromatic nitrogens is 3. The summed E-state index contributed by atoms with van der Waals surface area (Å²) in [5, 5.41) is 11.0. The Balaban J connectivity index is 1.55. The van der Waals surface area contributed by atoms with Gasteiger partial charge in [-0.1, -0.05) is 121 Å². The van der Waals surface area contributed by atoms with Gasteiger partial charge in [0.15, 0.2) is 5.82 Å². The molecule has 9 aromatic rings. The maximum absolute atomic E-state index is 5.30. The fourth-order valence-electron chi connectivity index (χ4n) is 6.61. The molecule has 0 amide bonds. The van der Waals surface area contributed by atoms with Crippen LogP contribution in [0.25, 0.3) is 82.2 Å². The molecule has 190 valence electrons. The maximum Gasteiger partial charge on any atom is 0.162 e. The van der Waals surface area contributed by atoms with Crippen molar-refractivity contribution in [1.82, 2.24) is 14.5 Å². The number of hydrogen-bond acceptors (Lipinski definition) is 2. The minimum Gasteiger partial charge on any atom is -0.292 e. The van der Waals surface area contributed by atoms with Crippen molar-refractivity contribution in [3.05, 3.63) is 140 Å². The Kier molecular flexibility index (Phi) is 4.61. The molecule has 2 aromatic heterocycles. The van der Waals surface area contributed by atoms with Crippen LogP contribution in [-0.4, -0.2) is 14.5 Å². The summed E-state index contributed by atoms with van der Waals surface area (Å²) in [6, 6.07) is 49.4. The van der Waals surface area contributed by atoms with Gasteiger partial charge >= 0.3 is 0 Å². The maximum atomic E-state index is 5.30. The van der Waals surface area contributed by atoms with E-state index < -0.39 is 0 Å². The SMILES string of the molecule is c1ccc(-c2nc(-n3c4ccccc4c4c5ccc6ccccc6c5c5ccccc5c43)c3ccccc3n2)cc1. The van der Waals surface area contributed by atoms with Gasteiger partial charge in [0.05, 0.1) is 16.6 Å². The Morgan fingerprint density at radius 3 is 1.93 bits per heavy atom. The second-order valence-electron chi connectivity index (χ2n) is 10.6. The van der Waals surface area contributed by atoms with Crippen LogP contribution in [0.4, 0.5) is 0 Å². The predicted octanol–water partition coefficient (Wildman–Crippen LogP) is 9.85. The van der Waals surface area contributed by atoms with Gasteiger partial charge in [-0.15, -0.1) is 0 Å². The number of fused-ring (bicyclic) bond motifs is 11. The van der Waals surface area contributed by atoms with Crippen LogP contribution in [0.5, 0.6) is 0 Å². The van der Waals surface area contributed by atoms with E-state index in [0.29, 0.717) is 0 Å². The third-order valence-corrected chi connectivity index (χ3v) is 8.35. The quantitative estimate of drug-likeness (QED) is 0.212. The molecule has 9 rings (SSSR count).